The van der Waals surface area contributed by atoms with Gasteiger partial charge in [0.1, 0.15) is 4.90 Å². The minimum Gasteiger partial charge on any atom is -0.339 e. The molecule has 0 bridgehead atoms. The molecule has 0 saturated carbocycles. The van der Waals surface area contributed by atoms with Crippen molar-refractivity contribution in [2.75, 3.05) is 10.6 Å². The van der Waals surface area contributed by atoms with Crippen LogP contribution in [0.4, 0.5) is 11.4 Å². The molecule has 1 amide bonds. The molecule has 2 N–H and O–H groups in total. The van der Waals surface area contributed by atoms with Crippen LogP contribution >= 0.6 is 0 Å². The van der Waals surface area contributed by atoms with Crippen molar-refractivity contribution in [3.05, 3.63) is 84.2 Å². The molecule has 1 aliphatic rings. The molecule has 0 fully saturated rings. The molecule has 2 aromatic carbocycles. The predicted molar refractivity (Wildman–Crippen MR) is 102 cm³/mol. The molecule has 0 atom stereocenters. The summed E-state index contributed by atoms with van der Waals surface area (Å²) in [5.41, 5.74) is 2.27. The Kier molecular flexibility index (Phi) is 4.17. The number of benzene rings is 2. The Morgan fingerprint density at radius 1 is 0.852 bits per heavy atom. The maximum absolute atomic E-state index is 12.3. The molecule has 2 heterocycles. The normalized spacial score (nSPS) is 14.1. The van der Waals surface area contributed by atoms with Crippen molar-refractivity contribution in [1.29, 1.82) is 0 Å². The van der Waals surface area contributed by atoms with E-state index in [4.69, 9.17) is 0 Å². The quantitative estimate of drug-likeness (QED) is 0.730. The Morgan fingerprint density at radius 2 is 1.56 bits per heavy atom. The van der Waals surface area contributed by atoms with E-state index in [0.29, 0.717) is 22.5 Å². The van der Waals surface area contributed by atoms with Crippen molar-refractivity contribution in [1.82, 2.24) is 4.98 Å². The zero-order chi connectivity index (χ0) is 18.9. The van der Waals surface area contributed by atoms with E-state index >= 15 is 0 Å². The molecule has 8 heteroatoms. The van der Waals surface area contributed by atoms with Crippen molar-refractivity contribution in [3.8, 4) is 0 Å². The van der Waals surface area contributed by atoms with Crippen molar-refractivity contribution in [3.63, 3.8) is 0 Å². The van der Waals surface area contributed by atoms with Crippen LogP contribution in [-0.4, -0.2) is 25.1 Å². The second-order valence-corrected chi connectivity index (χ2v) is 7.38. The van der Waals surface area contributed by atoms with Gasteiger partial charge in [-0.05, 0) is 48.5 Å². The fourth-order valence-electron chi connectivity index (χ4n) is 2.68. The lowest BCUT2D eigenvalue weighted by molar-refractivity contribution is 0.102. The largest absolute Gasteiger partial charge is 0.339 e. The van der Waals surface area contributed by atoms with Gasteiger partial charge in [-0.1, -0.05) is 12.1 Å². The Hall–Kier alpha value is -3.52. The average Bonchev–Trinajstić information content (AvgIpc) is 2.94. The molecule has 3 aromatic rings. The molecule has 0 radical (unpaired) electrons. The van der Waals surface area contributed by atoms with Crippen molar-refractivity contribution >= 4 is 33.1 Å². The highest BCUT2D eigenvalue weighted by Crippen LogP contribution is 2.26. The molecule has 0 aliphatic carbocycles. The molecule has 1 aromatic heterocycles. The standard InChI is InChI=1S/C19H14N4O3S/c24-19(22-15-9-11-20-12-10-15)13-5-7-14(8-6-13)21-18-16-3-1-2-4-17(16)27(25,26)23-18/h1-12H,(H,21,23)(H,20,22,24). The number of carbonyl (C=O) groups excluding carboxylic acids is 1. The van der Waals surface area contributed by atoms with E-state index in [-0.39, 0.29) is 16.6 Å². The van der Waals surface area contributed by atoms with E-state index in [0.717, 1.165) is 0 Å². The highest BCUT2D eigenvalue weighted by Gasteiger charge is 2.28. The fraction of sp³-hybridized carbons (Fsp3) is 0. The van der Waals surface area contributed by atoms with Crippen LogP contribution in [0.3, 0.4) is 0 Å². The number of amidine groups is 1. The summed E-state index contributed by atoms with van der Waals surface area (Å²) in [4.78, 5) is 16.3. The first-order valence-electron chi connectivity index (χ1n) is 8.06. The number of carbonyl (C=O) groups is 1. The second kappa shape index (κ2) is 6.65. The summed E-state index contributed by atoms with van der Waals surface area (Å²) in [6.45, 7) is 0. The van der Waals surface area contributed by atoms with E-state index in [1.165, 1.54) is 6.07 Å². The average molecular weight is 378 g/mol. The van der Waals surface area contributed by atoms with Gasteiger partial charge in [-0.25, -0.2) is 0 Å². The van der Waals surface area contributed by atoms with Gasteiger partial charge in [0.05, 0.1) is 0 Å². The zero-order valence-electron chi connectivity index (χ0n) is 14.0. The monoisotopic (exact) mass is 378 g/mol. The summed E-state index contributed by atoms with van der Waals surface area (Å²) >= 11 is 0. The van der Waals surface area contributed by atoms with Gasteiger partial charge in [0, 0.05) is 34.9 Å². The lowest BCUT2D eigenvalue weighted by Crippen LogP contribution is -2.13. The molecule has 4 rings (SSSR count). The van der Waals surface area contributed by atoms with E-state index in [1.807, 2.05) is 0 Å². The highest BCUT2D eigenvalue weighted by atomic mass is 32.2. The number of nitrogens with zero attached hydrogens (tertiary/aromatic N) is 2. The zero-order valence-corrected chi connectivity index (χ0v) is 14.8. The van der Waals surface area contributed by atoms with Crippen molar-refractivity contribution in [2.45, 2.75) is 4.90 Å². The number of amides is 1. The molecular formula is C19H14N4O3S. The van der Waals surface area contributed by atoms with Gasteiger partial charge in [0.15, 0.2) is 5.84 Å². The van der Waals surface area contributed by atoms with Crippen LogP contribution in [0.15, 0.2) is 82.4 Å². The topological polar surface area (TPSA) is 101 Å². The molecule has 0 saturated heterocycles. The van der Waals surface area contributed by atoms with Crippen molar-refractivity contribution < 1.29 is 13.2 Å². The lowest BCUT2D eigenvalue weighted by Gasteiger charge is -2.08. The van der Waals surface area contributed by atoms with Crippen LogP contribution in [0.2, 0.25) is 0 Å². The minimum absolute atomic E-state index is 0.181. The van der Waals surface area contributed by atoms with E-state index < -0.39 is 10.0 Å². The second-order valence-electron chi connectivity index (χ2n) is 5.80. The maximum Gasteiger partial charge on any atom is 0.285 e. The first-order valence-corrected chi connectivity index (χ1v) is 9.50. The number of aromatic nitrogens is 1. The first-order chi connectivity index (χ1) is 13.0. The highest BCUT2D eigenvalue weighted by molar-refractivity contribution is 7.90. The van der Waals surface area contributed by atoms with E-state index in [9.17, 15) is 13.2 Å². The van der Waals surface area contributed by atoms with Gasteiger partial charge in [-0.3, -0.25) is 9.78 Å². The molecule has 27 heavy (non-hydrogen) atoms. The van der Waals surface area contributed by atoms with Gasteiger partial charge in [0.25, 0.3) is 15.9 Å². The smallest absolute Gasteiger partial charge is 0.285 e. The van der Waals surface area contributed by atoms with Gasteiger partial charge in [-0.2, -0.15) is 8.42 Å². The molecule has 0 spiro atoms. The minimum atomic E-state index is -3.67. The molecule has 7 nitrogen and oxygen atoms in total. The Bertz CT molecular complexity index is 1140. The third-order valence-electron chi connectivity index (χ3n) is 3.98. The number of hydrogen-bond donors (Lipinski definition) is 2. The molecule has 134 valence electrons. The van der Waals surface area contributed by atoms with Crippen LogP contribution in [0.5, 0.6) is 0 Å². The van der Waals surface area contributed by atoms with Gasteiger partial charge in [-0.15, -0.1) is 4.40 Å². The van der Waals surface area contributed by atoms with Crippen molar-refractivity contribution in [2.24, 2.45) is 4.40 Å². The number of rotatable bonds is 3. The maximum atomic E-state index is 12.3. The number of nitrogens with one attached hydrogen (secondary N) is 2. The third kappa shape index (κ3) is 3.42. The molecule has 1 aliphatic heterocycles. The summed E-state index contributed by atoms with van der Waals surface area (Å²) in [5.74, 6) is 0.0125. The fourth-order valence-corrected chi connectivity index (χ4v) is 3.85. The lowest BCUT2D eigenvalue weighted by atomic mass is 10.1. The number of pyridine rings is 1. The Morgan fingerprint density at radius 3 is 2.30 bits per heavy atom. The van der Waals surface area contributed by atoms with Crippen LogP contribution in [0.1, 0.15) is 15.9 Å². The number of sulfonamides is 1. The van der Waals surface area contributed by atoms with Gasteiger partial charge < -0.3 is 10.6 Å². The summed E-state index contributed by atoms with van der Waals surface area (Å²) < 4.78 is 28.0. The first kappa shape index (κ1) is 16.9. The van der Waals surface area contributed by atoms with Gasteiger partial charge in [0.2, 0.25) is 0 Å². The van der Waals surface area contributed by atoms with Crippen LogP contribution in [0.25, 0.3) is 0 Å². The molecular weight excluding hydrogens is 364 g/mol. The summed E-state index contributed by atoms with van der Waals surface area (Å²) in [6.07, 6.45) is 3.19. The van der Waals surface area contributed by atoms with Crippen LogP contribution in [0, 0.1) is 0 Å². The van der Waals surface area contributed by atoms with Crippen LogP contribution in [-0.2, 0) is 10.0 Å². The Balaban J connectivity index is 1.51. The van der Waals surface area contributed by atoms with E-state index in [2.05, 4.69) is 20.0 Å². The molecule has 0 unspecified atom stereocenters. The summed E-state index contributed by atoms with van der Waals surface area (Å²) in [6, 6.07) is 16.7. The number of anilines is 2. The third-order valence-corrected chi connectivity index (χ3v) is 5.31. The summed E-state index contributed by atoms with van der Waals surface area (Å²) in [5, 5.41) is 5.77. The number of fused-ring (bicyclic) bond motifs is 1. The van der Waals surface area contributed by atoms with Crippen LogP contribution < -0.4 is 10.6 Å². The Labute approximate surface area is 155 Å². The SMILES string of the molecule is O=C(Nc1ccncc1)c1ccc(NC2=NS(=O)(=O)c3ccccc32)cc1. The summed E-state index contributed by atoms with van der Waals surface area (Å²) in [7, 11) is -3.67. The van der Waals surface area contributed by atoms with Gasteiger partial charge >= 0.3 is 0 Å². The van der Waals surface area contributed by atoms with E-state index in [1.54, 1.807) is 67.0 Å². The number of hydrogen-bond acceptors (Lipinski definition) is 5. The predicted octanol–water partition coefficient (Wildman–Crippen LogP) is 2.89.